The van der Waals surface area contributed by atoms with Gasteiger partial charge in [0.25, 0.3) is 0 Å². The van der Waals surface area contributed by atoms with Crippen molar-refractivity contribution < 1.29 is 4.74 Å². The maximum Gasteiger partial charge on any atom is 0.143 e. The Bertz CT molecular complexity index is 665. The van der Waals surface area contributed by atoms with E-state index in [0.29, 0.717) is 0 Å². The number of benzene rings is 2. The Morgan fingerprint density at radius 3 is 2.71 bits per heavy atom. The van der Waals surface area contributed by atoms with Crippen molar-refractivity contribution in [2.45, 2.75) is 44.2 Å². The van der Waals surface area contributed by atoms with Crippen molar-refractivity contribution in [2.24, 2.45) is 0 Å². The van der Waals surface area contributed by atoms with Crippen LogP contribution in [0.5, 0.6) is 5.75 Å². The summed E-state index contributed by atoms with van der Waals surface area (Å²) in [6.07, 6.45) is 6.64. The molecule has 24 heavy (non-hydrogen) atoms. The Labute approximate surface area is 144 Å². The lowest BCUT2D eigenvalue weighted by Gasteiger charge is -2.28. The van der Waals surface area contributed by atoms with E-state index in [1.807, 2.05) is 6.07 Å². The highest BCUT2D eigenvalue weighted by atomic mass is 16.5. The van der Waals surface area contributed by atoms with Gasteiger partial charge < -0.3 is 15.4 Å². The number of hydrogen-bond donors (Lipinski definition) is 2. The van der Waals surface area contributed by atoms with Crippen molar-refractivity contribution in [3.05, 3.63) is 59.7 Å². The van der Waals surface area contributed by atoms with Gasteiger partial charge in [0.05, 0.1) is 12.2 Å². The molecule has 1 aliphatic carbocycles. The minimum absolute atomic E-state index is 0.0913. The van der Waals surface area contributed by atoms with Gasteiger partial charge in [0.2, 0.25) is 0 Å². The molecule has 3 heteroatoms. The van der Waals surface area contributed by atoms with Gasteiger partial charge in [-0.15, -0.1) is 0 Å². The quantitative estimate of drug-likeness (QED) is 0.861. The molecule has 0 amide bonds. The molecule has 2 aliphatic rings. The number of hydrogen-bond acceptors (Lipinski definition) is 3. The molecule has 1 aliphatic heterocycles. The van der Waals surface area contributed by atoms with E-state index in [9.17, 15) is 0 Å². The van der Waals surface area contributed by atoms with Gasteiger partial charge in [0.15, 0.2) is 0 Å². The highest BCUT2D eigenvalue weighted by Crippen LogP contribution is 2.34. The first kappa shape index (κ1) is 15.5. The predicted molar refractivity (Wildman–Crippen MR) is 98.7 cm³/mol. The maximum absolute atomic E-state index is 6.18. The van der Waals surface area contributed by atoms with Gasteiger partial charge >= 0.3 is 0 Å². The minimum Gasteiger partial charge on any atom is -0.482 e. The van der Waals surface area contributed by atoms with Crippen LogP contribution in [-0.2, 0) is 6.42 Å². The summed E-state index contributed by atoms with van der Waals surface area (Å²) in [5.41, 5.74) is 3.72. The largest absolute Gasteiger partial charge is 0.482 e. The highest BCUT2D eigenvalue weighted by Gasteiger charge is 2.21. The van der Waals surface area contributed by atoms with Crippen molar-refractivity contribution in [3.8, 4) is 5.75 Å². The first-order chi connectivity index (χ1) is 11.9. The summed E-state index contributed by atoms with van der Waals surface area (Å²) in [5.74, 6) is 0.961. The molecule has 3 nitrogen and oxygen atoms in total. The van der Waals surface area contributed by atoms with Crippen LogP contribution in [0, 0.1) is 0 Å². The lowest BCUT2D eigenvalue weighted by molar-refractivity contribution is 0.210. The van der Waals surface area contributed by atoms with Gasteiger partial charge in [0, 0.05) is 6.04 Å². The van der Waals surface area contributed by atoms with E-state index in [1.54, 1.807) is 0 Å². The second-order valence-corrected chi connectivity index (χ2v) is 6.91. The first-order valence-electron chi connectivity index (χ1n) is 9.20. The van der Waals surface area contributed by atoms with Crippen LogP contribution in [0.4, 0.5) is 5.69 Å². The molecule has 0 bridgehead atoms. The van der Waals surface area contributed by atoms with E-state index >= 15 is 0 Å². The Balaban J connectivity index is 1.36. The molecule has 2 aromatic rings. The average molecular weight is 322 g/mol. The van der Waals surface area contributed by atoms with Crippen LogP contribution in [0.15, 0.2) is 48.5 Å². The van der Waals surface area contributed by atoms with Gasteiger partial charge in [-0.1, -0.05) is 49.2 Å². The number of ether oxygens (including phenoxy) is 1. The van der Waals surface area contributed by atoms with E-state index in [-0.39, 0.29) is 6.10 Å². The molecule has 1 unspecified atom stereocenters. The lowest BCUT2D eigenvalue weighted by Crippen LogP contribution is -2.28. The van der Waals surface area contributed by atoms with Crippen LogP contribution in [0.25, 0.3) is 0 Å². The lowest BCUT2D eigenvalue weighted by atomic mass is 10.1. The molecule has 1 saturated carbocycles. The SMILES string of the molecule is c1ccc(C2CNc3cc(CCNC4CCCC4)ccc3O2)cc1. The summed E-state index contributed by atoms with van der Waals surface area (Å²) >= 11 is 0. The van der Waals surface area contributed by atoms with Gasteiger partial charge in [-0.25, -0.2) is 0 Å². The third kappa shape index (κ3) is 3.57. The van der Waals surface area contributed by atoms with Crippen LogP contribution in [0.1, 0.15) is 42.9 Å². The Morgan fingerprint density at radius 1 is 1.04 bits per heavy atom. The maximum atomic E-state index is 6.18. The number of nitrogens with one attached hydrogen (secondary N) is 2. The van der Waals surface area contributed by atoms with Crippen molar-refractivity contribution in [2.75, 3.05) is 18.4 Å². The monoisotopic (exact) mass is 322 g/mol. The predicted octanol–water partition coefficient (Wildman–Crippen LogP) is 4.31. The molecule has 0 radical (unpaired) electrons. The van der Waals surface area contributed by atoms with Gasteiger partial charge in [-0.3, -0.25) is 0 Å². The third-order valence-corrected chi connectivity index (χ3v) is 5.16. The van der Waals surface area contributed by atoms with E-state index in [4.69, 9.17) is 4.74 Å². The normalized spacial score (nSPS) is 20.2. The zero-order chi connectivity index (χ0) is 16.2. The number of rotatable bonds is 5. The summed E-state index contributed by atoms with van der Waals surface area (Å²) in [4.78, 5) is 0. The van der Waals surface area contributed by atoms with Crippen molar-refractivity contribution in [1.82, 2.24) is 5.32 Å². The average Bonchev–Trinajstić information content (AvgIpc) is 3.15. The van der Waals surface area contributed by atoms with E-state index in [2.05, 4.69) is 53.1 Å². The molecule has 0 spiro atoms. The zero-order valence-electron chi connectivity index (χ0n) is 14.1. The van der Waals surface area contributed by atoms with Gasteiger partial charge in [-0.05, 0) is 49.1 Å². The molecular weight excluding hydrogens is 296 g/mol. The molecule has 0 aromatic heterocycles. The molecule has 1 atom stereocenters. The van der Waals surface area contributed by atoms with Crippen molar-refractivity contribution in [3.63, 3.8) is 0 Å². The molecule has 1 heterocycles. The fourth-order valence-corrected chi connectivity index (χ4v) is 3.78. The summed E-state index contributed by atoms with van der Waals surface area (Å²) < 4.78 is 6.18. The summed E-state index contributed by atoms with van der Waals surface area (Å²) in [6, 6.07) is 17.7. The van der Waals surface area contributed by atoms with E-state index < -0.39 is 0 Å². The highest BCUT2D eigenvalue weighted by molar-refractivity contribution is 5.60. The third-order valence-electron chi connectivity index (χ3n) is 5.16. The van der Waals surface area contributed by atoms with Gasteiger partial charge in [0.1, 0.15) is 11.9 Å². The van der Waals surface area contributed by atoms with E-state index in [1.165, 1.54) is 36.8 Å². The second-order valence-electron chi connectivity index (χ2n) is 6.91. The van der Waals surface area contributed by atoms with Crippen molar-refractivity contribution >= 4 is 5.69 Å². The minimum atomic E-state index is 0.0913. The summed E-state index contributed by atoms with van der Waals surface area (Å²) in [5, 5.41) is 7.22. The Kier molecular flexibility index (Phi) is 4.70. The molecule has 2 aromatic carbocycles. The zero-order valence-corrected chi connectivity index (χ0v) is 14.1. The Morgan fingerprint density at radius 2 is 1.88 bits per heavy atom. The smallest absolute Gasteiger partial charge is 0.143 e. The topological polar surface area (TPSA) is 33.3 Å². The van der Waals surface area contributed by atoms with Crippen LogP contribution >= 0.6 is 0 Å². The first-order valence-corrected chi connectivity index (χ1v) is 9.20. The number of anilines is 1. The molecular formula is C21H26N2O. The molecule has 0 saturated heterocycles. The fraction of sp³-hybridized carbons (Fsp3) is 0.429. The van der Waals surface area contributed by atoms with E-state index in [0.717, 1.165) is 37.0 Å². The van der Waals surface area contributed by atoms with Crippen LogP contribution < -0.4 is 15.4 Å². The fourth-order valence-electron chi connectivity index (χ4n) is 3.78. The van der Waals surface area contributed by atoms with Gasteiger partial charge in [-0.2, -0.15) is 0 Å². The molecule has 1 fully saturated rings. The van der Waals surface area contributed by atoms with Crippen molar-refractivity contribution in [1.29, 1.82) is 0 Å². The Hall–Kier alpha value is -2.00. The number of fused-ring (bicyclic) bond motifs is 1. The summed E-state index contributed by atoms with van der Waals surface area (Å²) in [6.45, 7) is 1.89. The van der Waals surface area contributed by atoms with Crippen LogP contribution in [0.3, 0.4) is 0 Å². The van der Waals surface area contributed by atoms with Crippen LogP contribution in [-0.4, -0.2) is 19.1 Å². The molecule has 2 N–H and O–H groups in total. The molecule has 4 rings (SSSR count). The second kappa shape index (κ2) is 7.27. The standard InChI is InChI=1S/C21H26N2O/c1-2-6-17(7-3-1)21-15-23-19-14-16(10-11-20(19)24-21)12-13-22-18-8-4-5-9-18/h1-3,6-7,10-11,14,18,21-23H,4-5,8-9,12-13,15H2. The van der Waals surface area contributed by atoms with Crippen LogP contribution in [0.2, 0.25) is 0 Å². The molecule has 126 valence electrons. The summed E-state index contributed by atoms with van der Waals surface area (Å²) in [7, 11) is 0.